The lowest BCUT2D eigenvalue weighted by Gasteiger charge is -2.39. The molecule has 0 N–H and O–H groups in total. The van der Waals surface area contributed by atoms with Crippen LogP contribution >= 0.6 is 0 Å². The number of carbonyl (C=O) groups is 1. The summed E-state index contributed by atoms with van der Waals surface area (Å²) in [5, 5.41) is 0. The Morgan fingerprint density at radius 1 is 1.05 bits per heavy atom. The molecule has 0 fully saturated rings. The third-order valence-electron chi connectivity index (χ3n) is 4.74. The standard InChI is InChI=1S/C17H34O2/c1-10-14(6)17(9,11-12(2)3)15(18)19-16(7,8)13(4)5/h12-14H,10-11H2,1-9H3. The molecule has 0 aliphatic heterocycles. The molecule has 0 aliphatic carbocycles. The number of rotatable bonds is 7. The minimum atomic E-state index is -0.400. The normalized spacial score (nSPS) is 17.4. The molecule has 0 aromatic rings. The summed E-state index contributed by atoms with van der Waals surface area (Å²) in [4.78, 5) is 12.7. The van der Waals surface area contributed by atoms with Crippen LogP contribution in [0, 0.1) is 23.2 Å². The van der Waals surface area contributed by atoms with Gasteiger partial charge in [0.25, 0.3) is 0 Å². The average Bonchev–Trinajstić information content (AvgIpc) is 2.25. The fraction of sp³-hybridized carbons (Fsp3) is 0.941. The predicted octanol–water partition coefficient (Wildman–Crippen LogP) is 5.06. The molecule has 0 aromatic carbocycles. The molecule has 0 heterocycles. The van der Waals surface area contributed by atoms with Gasteiger partial charge in [0.05, 0.1) is 5.41 Å². The zero-order valence-corrected chi connectivity index (χ0v) is 14.5. The summed E-state index contributed by atoms with van der Waals surface area (Å²) < 4.78 is 5.85. The van der Waals surface area contributed by atoms with Crippen LogP contribution in [0.1, 0.15) is 75.2 Å². The number of ether oxygens (including phenoxy) is 1. The zero-order chi connectivity index (χ0) is 15.4. The second kappa shape index (κ2) is 6.76. The van der Waals surface area contributed by atoms with Gasteiger partial charge in [-0.25, -0.2) is 0 Å². The molecule has 0 saturated heterocycles. The minimum Gasteiger partial charge on any atom is -0.459 e. The summed E-state index contributed by atoms with van der Waals surface area (Å²) in [6.07, 6.45) is 1.88. The predicted molar refractivity (Wildman–Crippen MR) is 82.0 cm³/mol. The molecule has 2 heteroatoms. The van der Waals surface area contributed by atoms with Crippen molar-refractivity contribution in [2.75, 3.05) is 0 Å². The van der Waals surface area contributed by atoms with Gasteiger partial charge in [0, 0.05) is 0 Å². The van der Waals surface area contributed by atoms with Crippen LogP contribution < -0.4 is 0 Å². The van der Waals surface area contributed by atoms with E-state index in [1.165, 1.54) is 0 Å². The van der Waals surface area contributed by atoms with Crippen molar-refractivity contribution in [3.63, 3.8) is 0 Å². The highest BCUT2D eigenvalue weighted by atomic mass is 16.6. The van der Waals surface area contributed by atoms with E-state index >= 15 is 0 Å². The van der Waals surface area contributed by atoms with E-state index in [0.717, 1.165) is 12.8 Å². The first kappa shape index (κ1) is 18.5. The van der Waals surface area contributed by atoms with Gasteiger partial charge < -0.3 is 4.74 Å². The summed E-state index contributed by atoms with van der Waals surface area (Å²) in [5.41, 5.74) is -0.780. The summed E-state index contributed by atoms with van der Waals surface area (Å²) in [6, 6.07) is 0. The second-order valence-electron chi connectivity index (χ2n) is 7.47. The fourth-order valence-corrected chi connectivity index (χ4v) is 2.26. The van der Waals surface area contributed by atoms with Gasteiger partial charge in [-0.3, -0.25) is 4.79 Å². The van der Waals surface area contributed by atoms with Crippen LogP contribution in [0.4, 0.5) is 0 Å². The fourth-order valence-electron chi connectivity index (χ4n) is 2.26. The first-order chi connectivity index (χ1) is 8.47. The molecule has 0 aliphatic rings. The highest BCUT2D eigenvalue weighted by molar-refractivity contribution is 5.77. The maximum Gasteiger partial charge on any atom is 0.312 e. The van der Waals surface area contributed by atoms with Crippen molar-refractivity contribution in [2.45, 2.75) is 80.8 Å². The Hall–Kier alpha value is -0.530. The van der Waals surface area contributed by atoms with Crippen LogP contribution in [0.15, 0.2) is 0 Å². The Morgan fingerprint density at radius 3 is 1.84 bits per heavy atom. The second-order valence-corrected chi connectivity index (χ2v) is 7.47. The van der Waals surface area contributed by atoms with Crippen molar-refractivity contribution in [3.8, 4) is 0 Å². The van der Waals surface area contributed by atoms with Crippen LogP contribution in [0.25, 0.3) is 0 Å². The van der Waals surface area contributed by atoms with Gasteiger partial charge >= 0.3 is 5.97 Å². The van der Waals surface area contributed by atoms with Gasteiger partial charge in [-0.05, 0) is 44.9 Å². The van der Waals surface area contributed by atoms with E-state index in [9.17, 15) is 4.79 Å². The van der Waals surface area contributed by atoms with Gasteiger partial charge in [-0.2, -0.15) is 0 Å². The van der Waals surface area contributed by atoms with Crippen molar-refractivity contribution in [2.24, 2.45) is 23.2 Å². The highest BCUT2D eigenvalue weighted by Crippen LogP contribution is 2.39. The van der Waals surface area contributed by atoms with Crippen LogP contribution in [-0.2, 0) is 9.53 Å². The Bertz CT molecular complexity index is 292. The lowest BCUT2D eigenvalue weighted by molar-refractivity contribution is -0.177. The van der Waals surface area contributed by atoms with Crippen LogP contribution in [0.3, 0.4) is 0 Å². The third-order valence-corrected chi connectivity index (χ3v) is 4.74. The molecule has 0 spiro atoms. The molecule has 2 atom stereocenters. The molecule has 0 saturated carbocycles. The maximum absolute atomic E-state index is 12.7. The van der Waals surface area contributed by atoms with Crippen LogP contribution in [-0.4, -0.2) is 11.6 Å². The van der Waals surface area contributed by atoms with Gasteiger partial charge in [0.2, 0.25) is 0 Å². The van der Waals surface area contributed by atoms with Gasteiger partial charge in [-0.1, -0.05) is 48.0 Å². The molecular formula is C17H34O2. The van der Waals surface area contributed by atoms with E-state index in [0.29, 0.717) is 17.8 Å². The summed E-state index contributed by atoms with van der Waals surface area (Å²) in [6.45, 7) is 18.9. The molecule has 114 valence electrons. The topological polar surface area (TPSA) is 26.3 Å². The lowest BCUT2D eigenvalue weighted by atomic mass is 9.71. The quantitative estimate of drug-likeness (QED) is 0.604. The van der Waals surface area contributed by atoms with E-state index in [2.05, 4.69) is 48.5 Å². The van der Waals surface area contributed by atoms with Crippen molar-refractivity contribution in [1.82, 2.24) is 0 Å². The van der Waals surface area contributed by atoms with E-state index in [-0.39, 0.29) is 11.4 Å². The van der Waals surface area contributed by atoms with Gasteiger partial charge in [0.15, 0.2) is 0 Å². The van der Waals surface area contributed by atoms with Crippen LogP contribution in [0.2, 0.25) is 0 Å². The summed E-state index contributed by atoms with van der Waals surface area (Å²) in [5.74, 6) is 1.12. The van der Waals surface area contributed by atoms with E-state index in [1.54, 1.807) is 0 Å². The molecule has 0 aromatic heterocycles. The van der Waals surface area contributed by atoms with E-state index in [4.69, 9.17) is 4.74 Å². The first-order valence-electron chi connectivity index (χ1n) is 7.70. The number of carbonyl (C=O) groups excluding carboxylic acids is 1. The van der Waals surface area contributed by atoms with Crippen molar-refractivity contribution < 1.29 is 9.53 Å². The number of hydrogen-bond acceptors (Lipinski definition) is 2. The molecule has 0 amide bonds. The zero-order valence-electron chi connectivity index (χ0n) is 14.5. The molecule has 19 heavy (non-hydrogen) atoms. The maximum atomic E-state index is 12.7. The van der Waals surface area contributed by atoms with E-state index < -0.39 is 5.60 Å². The Morgan fingerprint density at radius 2 is 1.53 bits per heavy atom. The largest absolute Gasteiger partial charge is 0.459 e. The van der Waals surface area contributed by atoms with Crippen molar-refractivity contribution in [3.05, 3.63) is 0 Å². The lowest BCUT2D eigenvalue weighted by Crippen LogP contribution is -2.43. The molecule has 2 unspecified atom stereocenters. The molecular weight excluding hydrogens is 236 g/mol. The Kier molecular flexibility index (Phi) is 6.57. The third kappa shape index (κ3) is 4.81. The number of esters is 1. The van der Waals surface area contributed by atoms with E-state index in [1.807, 2.05) is 13.8 Å². The van der Waals surface area contributed by atoms with Crippen molar-refractivity contribution in [1.29, 1.82) is 0 Å². The van der Waals surface area contributed by atoms with Crippen LogP contribution in [0.5, 0.6) is 0 Å². The molecule has 0 rings (SSSR count). The minimum absolute atomic E-state index is 0.0331. The smallest absolute Gasteiger partial charge is 0.312 e. The molecule has 0 bridgehead atoms. The highest BCUT2D eigenvalue weighted by Gasteiger charge is 2.42. The summed E-state index contributed by atoms with van der Waals surface area (Å²) in [7, 11) is 0. The van der Waals surface area contributed by atoms with Gasteiger partial charge in [0.1, 0.15) is 5.60 Å². The number of hydrogen-bond donors (Lipinski definition) is 0. The SMILES string of the molecule is CCC(C)C(C)(CC(C)C)C(=O)OC(C)(C)C(C)C. The summed E-state index contributed by atoms with van der Waals surface area (Å²) >= 11 is 0. The Balaban J connectivity index is 5.13. The Labute approximate surface area is 120 Å². The molecule has 0 radical (unpaired) electrons. The monoisotopic (exact) mass is 270 g/mol. The average molecular weight is 270 g/mol. The van der Waals surface area contributed by atoms with Crippen molar-refractivity contribution >= 4 is 5.97 Å². The molecule has 2 nitrogen and oxygen atoms in total. The van der Waals surface area contributed by atoms with Gasteiger partial charge in [-0.15, -0.1) is 0 Å². The first-order valence-corrected chi connectivity index (χ1v) is 7.70.